The molecule has 0 aromatic heterocycles. The van der Waals surface area contributed by atoms with Crippen molar-refractivity contribution in [2.24, 2.45) is 0 Å². The molecule has 2 aliphatic heterocycles. The Balaban J connectivity index is 1.62. The van der Waals surface area contributed by atoms with Crippen molar-refractivity contribution in [2.75, 3.05) is 39.4 Å². The number of morpholine rings is 1. The van der Waals surface area contributed by atoms with Crippen molar-refractivity contribution in [1.29, 1.82) is 0 Å². The molecule has 0 radical (unpaired) electrons. The molecule has 0 saturated carbocycles. The third-order valence-corrected chi connectivity index (χ3v) is 4.07. The highest BCUT2D eigenvalue weighted by Crippen LogP contribution is 2.25. The number of benzene rings is 1. The summed E-state index contributed by atoms with van der Waals surface area (Å²) in [6, 6.07) is 5.99. The van der Waals surface area contributed by atoms with Crippen molar-refractivity contribution in [1.82, 2.24) is 9.80 Å². The monoisotopic (exact) mass is 260 g/mol. The molecule has 4 nitrogen and oxygen atoms in total. The third-order valence-electron chi connectivity index (χ3n) is 4.07. The number of amides is 1. The third kappa shape index (κ3) is 2.51. The highest BCUT2D eigenvalue weighted by molar-refractivity contribution is 5.98. The van der Waals surface area contributed by atoms with E-state index in [1.807, 2.05) is 17.0 Å². The van der Waals surface area contributed by atoms with Crippen molar-refractivity contribution >= 4 is 5.91 Å². The van der Waals surface area contributed by atoms with Gasteiger partial charge in [-0.1, -0.05) is 12.1 Å². The van der Waals surface area contributed by atoms with Gasteiger partial charge in [0, 0.05) is 38.3 Å². The summed E-state index contributed by atoms with van der Waals surface area (Å²) in [6.45, 7) is 8.19. The number of nitrogens with zero attached hydrogens (tertiary/aromatic N) is 2. The predicted octanol–water partition coefficient (Wildman–Crippen LogP) is 1.28. The van der Waals surface area contributed by atoms with Crippen LogP contribution in [0, 0.1) is 6.92 Å². The lowest BCUT2D eigenvalue weighted by atomic mass is 10.1. The van der Waals surface area contributed by atoms with E-state index in [2.05, 4.69) is 17.9 Å². The first-order valence-electron chi connectivity index (χ1n) is 6.93. The lowest BCUT2D eigenvalue weighted by Gasteiger charge is -2.28. The average Bonchev–Trinajstić information content (AvgIpc) is 2.77. The van der Waals surface area contributed by atoms with Gasteiger partial charge in [0.1, 0.15) is 0 Å². The van der Waals surface area contributed by atoms with Crippen LogP contribution < -0.4 is 0 Å². The first-order chi connectivity index (χ1) is 9.25. The minimum atomic E-state index is 0.187. The van der Waals surface area contributed by atoms with Gasteiger partial charge in [-0.25, -0.2) is 0 Å². The van der Waals surface area contributed by atoms with E-state index in [1.165, 1.54) is 11.1 Å². The standard InChI is InChI=1S/C15H20N2O2/c1-12-3-2-4-13-14(12)11-17(15(13)18)6-5-16-7-9-19-10-8-16/h2-4H,5-11H2,1H3. The van der Waals surface area contributed by atoms with Gasteiger partial charge in [-0.3, -0.25) is 9.69 Å². The van der Waals surface area contributed by atoms with Gasteiger partial charge >= 0.3 is 0 Å². The summed E-state index contributed by atoms with van der Waals surface area (Å²) < 4.78 is 5.34. The van der Waals surface area contributed by atoms with Crippen LogP contribution in [0.5, 0.6) is 0 Å². The highest BCUT2D eigenvalue weighted by atomic mass is 16.5. The van der Waals surface area contributed by atoms with E-state index < -0.39 is 0 Å². The normalized spacial score (nSPS) is 19.8. The van der Waals surface area contributed by atoms with Crippen LogP contribution in [-0.2, 0) is 11.3 Å². The lowest BCUT2D eigenvalue weighted by Crippen LogP contribution is -2.41. The summed E-state index contributed by atoms with van der Waals surface area (Å²) in [7, 11) is 0. The second-order valence-corrected chi connectivity index (χ2v) is 5.28. The van der Waals surface area contributed by atoms with Crippen molar-refractivity contribution in [3.8, 4) is 0 Å². The smallest absolute Gasteiger partial charge is 0.254 e. The number of hydrogen-bond donors (Lipinski definition) is 0. The molecule has 0 spiro atoms. The second-order valence-electron chi connectivity index (χ2n) is 5.28. The van der Waals surface area contributed by atoms with Gasteiger partial charge in [0.05, 0.1) is 13.2 Å². The van der Waals surface area contributed by atoms with Crippen LogP contribution in [-0.4, -0.2) is 55.1 Å². The minimum absolute atomic E-state index is 0.187. The maximum absolute atomic E-state index is 12.3. The van der Waals surface area contributed by atoms with Gasteiger partial charge in [-0.15, -0.1) is 0 Å². The van der Waals surface area contributed by atoms with E-state index >= 15 is 0 Å². The van der Waals surface area contributed by atoms with E-state index in [1.54, 1.807) is 0 Å². The molecule has 3 rings (SSSR count). The number of rotatable bonds is 3. The zero-order chi connectivity index (χ0) is 13.2. The molecular weight excluding hydrogens is 240 g/mol. The number of carbonyl (C=O) groups is 1. The Bertz CT molecular complexity index is 481. The Hall–Kier alpha value is -1.39. The zero-order valence-corrected chi connectivity index (χ0v) is 11.4. The van der Waals surface area contributed by atoms with Crippen molar-refractivity contribution < 1.29 is 9.53 Å². The molecule has 0 atom stereocenters. The number of aryl methyl sites for hydroxylation is 1. The Morgan fingerprint density at radius 3 is 2.74 bits per heavy atom. The van der Waals surface area contributed by atoms with Gasteiger partial charge < -0.3 is 9.64 Å². The van der Waals surface area contributed by atoms with Crippen molar-refractivity contribution in [3.63, 3.8) is 0 Å². The fourth-order valence-electron chi connectivity index (χ4n) is 2.81. The fraction of sp³-hybridized carbons (Fsp3) is 0.533. The summed E-state index contributed by atoms with van der Waals surface area (Å²) in [6.07, 6.45) is 0. The molecule has 1 fully saturated rings. The van der Waals surface area contributed by atoms with Crippen LogP contribution in [0.15, 0.2) is 18.2 Å². The molecule has 19 heavy (non-hydrogen) atoms. The SMILES string of the molecule is Cc1cccc2c1CN(CCN1CCOCC1)C2=O. The maximum Gasteiger partial charge on any atom is 0.254 e. The van der Waals surface area contributed by atoms with E-state index in [-0.39, 0.29) is 5.91 Å². The molecule has 1 aromatic rings. The summed E-state index contributed by atoms with van der Waals surface area (Å²) in [4.78, 5) is 16.6. The number of hydrogen-bond acceptors (Lipinski definition) is 3. The van der Waals surface area contributed by atoms with Gasteiger partial charge in [0.2, 0.25) is 0 Å². The minimum Gasteiger partial charge on any atom is -0.379 e. The lowest BCUT2D eigenvalue weighted by molar-refractivity contribution is 0.0327. The molecule has 0 aliphatic carbocycles. The van der Waals surface area contributed by atoms with E-state index in [0.717, 1.165) is 51.5 Å². The zero-order valence-electron chi connectivity index (χ0n) is 11.4. The molecule has 1 saturated heterocycles. The van der Waals surface area contributed by atoms with Gasteiger partial charge in [0.25, 0.3) is 5.91 Å². The molecule has 0 N–H and O–H groups in total. The summed E-state index contributed by atoms with van der Waals surface area (Å²) >= 11 is 0. The molecule has 0 bridgehead atoms. The summed E-state index contributed by atoms with van der Waals surface area (Å²) in [5.41, 5.74) is 3.32. The fourth-order valence-corrected chi connectivity index (χ4v) is 2.81. The van der Waals surface area contributed by atoms with Crippen LogP contribution in [0.1, 0.15) is 21.5 Å². The average molecular weight is 260 g/mol. The summed E-state index contributed by atoms with van der Waals surface area (Å²) in [5, 5.41) is 0. The van der Waals surface area contributed by atoms with E-state index in [9.17, 15) is 4.79 Å². The van der Waals surface area contributed by atoms with Gasteiger partial charge in [-0.05, 0) is 24.1 Å². The quantitative estimate of drug-likeness (QED) is 0.821. The first-order valence-corrected chi connectivity index (χ1v) is 6.93. The van der Waals surface area contributed by atoms with Crippen LogP contribution in [0.2, 0.25) is 0 Å². The molecule has 102 valence electrons. The topological polar surface area (TPSA) is 32.8 Å². The van der Waals surface area contributed by atoms with Crippen LogP contribution in [0.3, 0.4) is 0 Å². The molecule has 4 heteroatoms. The maximum atomic E-state index is 12.3. The largest absolute Gasteiger partial charge is 0.379 e. The van der Waals surface area contributed by atoms with E-state index in [0.29, 0.717) is 0 Å². The molecule has 0 unspecified atom stereocenters. The first kappa shape index (κ1) is 12.6. The Morgan fingerprint density at radius 1 is 1.21 bits per heavy atom. The highest BCUT2D eigenvalue weighted by Gasteiger charge is 2.28. The van der Waals surface area contributed by atoms with Gasteiger partial charge in [-0.2, -0.15) is 0 Å². The molecule has 1 amide bonds. The second kappa shape index (κ2) is 5.31. The Labute approximate surface area is 113 Å². The molecule has 2 heterocycles. The number of carbonyl (C=O) groups excluding carboxylic acids is 1. The van der Waals surface area contributed by atoms with Crippen LogP contribution in [0.4, 0.5) is 0 Å². The van der Waals surface area contributed by atoms with Crippen LogP contribution >= 0.6 is 0 Å². The summed E-state index contributed by atoms with van der Waals surface area (Å²) in [5.74, 6) is 0.187. The van der Waals surface area contributed by atoms with E-state index in [4.69, 9.17) is 4.74 Å². The Morgan fingerprint density at radius 2 is 2.00 bits per heavy atom. The Kier molecular flexibility index (Phi) is 3.53. The number of ether oxygens (including phenoxy) is 1. The molecular formula is C15H20N2O2. The van der Waals surface area contributed by atoms with Crippen molar-refractivity contribution in [2.45, 2.75) is 13.5 Å². The molecule has 2 aliphatic rings. The predicted molar refractivity (Wildman–Crippen MR) is 73.2 cm³/mol. The molecule has 1 aromatic carbocycles. The number of fused-ring (bicyclic) bond motifs is 1. The van der Waals surface area contributed by atoms with Gasteiger partial charge in [0.15, 0.2) is 0 Å². The van der Waals surface area contributed by atoms with Crippen molar-refractivity contribution in [3.05, 3.63) is 34.9 Å². The van der Waals surface area contributed by atoms with Crippen LogP contribution in [0.25, 0.3) is 0 Å².